The molecule has 3 aliphatic heterocycles. The van der Waals surface area contributed by atoms with E-state index in [0.717, 1.165) is 12.1 Å². The van der Waals surface area contributed by atoms with Gasteiger partial charge in [0.1, 0.15) is 5.75 Å². The summed E-state index contributed by atoms with van der Waals surface area (Å²) in [7, 11) is 1.60. The van der Waals surface area contributed by atoms with Gasteiger partial charge in [-0.15, -0.1) is 0 Å². The molecule has 0 spiro atoms. The molecule has 3 saturated heterocycles. The number of aromatic nitrogens is 1. The molecule has 21 heavy (non-hydrogen) atoms. The summed E-state index contributed by atoms with van der Waals surface area (Å²) in [6, 6.07) is 2.15. The standard InChI is InChI=1S/C16H21N3O2/c1-21-14-8-12(9-17-10-14)2-3-16(20)18-15-11-19-6-4-13(15)5-7-19/h2-3,8-10,13,15H,4-7,11H2,1H3,(H,18,20)/b3-2+. The zero-order valence-corrected chi connectivity index (χ0v) is 12.3. The number of amides is 1. The molecule has 5 heteroatoms. The fourth-order valence-corrected chi connectivity index (χ4v) is 3.17. The molecule has 1 aromatic rings. The fourth-order valence-electron chi connectivity index (χ4n) is 3.17. The van der Waals surface area contributed by atoms with Gasteiger partial charge < -0.3 is 15.0 Å². The minimum Gasteiger partial charge on any atom is -0.495 e. The number of hydrogen-bond acceptors (Lipinski definition) is 4. The number of carbonyl (C=O) groups excluding carboxylic acids is 1. The summed E-state index contributed by atoms with van der Waals surface area (Å²) in [5.74, 6) is 1.30. The number of ether oxygens (including phenoxy) is 1. The SMILES string of the molecule is COc1cncc(/C=C/C(=O)NC2CN3CCC2CC3)c1. The number of carbonyl (C=O) groups is 1. The summed E-state index contributed by atoms with van der Waals surface area (Å²) in [5, 5.41) is 3.13. The molecule has 1 unspecified atom stereocenters. The molecule has 112 valence electrons. The molecule has 0 aromatic carbocycles. The Kier molecular flexibility index (Phi) is 4.20. The predicted octanol–water partition coefficient (Wildman–Crippen LogP) is 1.31. The number of piperidine rings is 3. The first-order valence-electron chi connectivity index (χ1n) is 7.44. The predicted molar refractivity (Wildman–Crippen MR) is 80.9 cm³/mol. The molecule has 4 rings (SSSR count). The van der Waals surface area contributed by atoms with Crippen LogP contribution in [0.25, 0.3) is 6.08 Å². The van der Waals surface area contributed by atoms with Gasteiger partial charge in [-0.2, -0.15) is 0 Å². The molecule has 2 bridgehead atoms. The highest BCUT2D eigenvalue weighted by Crippen LogP contribution is 2.27. The van der Waals surface area contributed by atoms with E-state index in [-0.39, 0.29) is 5.91 Å². The first kappa shape index (κ1) is 14.1. The molecule has 1 atom stereocenters. The Morgan fingerprint density at radius 1 is 1.43 bits per heavy atom. The first-order valence-corrected chi connectivity index (χ1v) is 7.44. The second kappa shape index (κ2) is 6.26. The fraction of sp³-hybridized carbons (Fsp3) is 0.500. The highest BCUT2D eigenvalue weighted by atomic mass is 16.5. The summed E-state index contributed by atoms with van der Waals surface area (Å²) in [6.45, 7) is 3.36. The van der Waals surface area contributed by atoms with Crippen molar-refractivity contribution in [3.8, 4) is 5.75 Å². The Morgan fingerprint density at radius 3 is 2.90 bits per heavy atom. The van der Waals surface area contributed by atoms with Crippen LogP contribution >= 0.6 is 0 Å². The molecule has 5 nitrogen and oxygen atoms in total. The highest BCUT2D eigenvalue weighted by molar-refractivity contribution is 5.91. The highest BCUT2D eigenvalue weighted by Gasteiger charge is 2.34. The molecule has 1 N–H and O–H groups in total. The normalized spacial score (nSPS) is 27.8. The number of nitrogens with one attached hydrogen (secondary N) is 1. The Morgan fingerprint density at radius 2 is 2.24 bits per heavy atom. The van der Waals surface area contributed by atoms with Crippen LogP contribution in [0.3, 0.4) is 0 Å². The van der Waals surface area contributed by atoms with Gasteiger partial charge in [-0.05, 0) is 49.6 Å². The van der Waals surface area contributed by atoms with Gasteiger partial charge in [-0.3, -0.25) is 9.78 Å². The van der Waals surface area contributed by atoms with Gasteiger partial charge in [0.25, 0.3) is 0 Å². The lowest BCUT2D eigenvalue weighted by Gasteiger charge is -2.44. The molecule has 4 heterocycles. The largest absolute Gasteiger partial charge is 0.495 e. The molecule has 3 fully saturated rings. The van der Waals surface area contributed by atoms with E-state index in [1.807, 2.05) is 6.07 Å². The monoisotopic (exact) mass is 287 g/mol. The van der Waals surface area contributed by atoms with E-state index in [1.165, 1.54) is 25.9 Å². The van der Waals surface area contributed by atoms with Crippen molar-refractivity contribution in [1.82, 2.24) is 15.2 Å². The van der Waals surface area contributed by atoms with E-state index in [9.17, 15) is 4.79 Å². The van der Waals surface area contributed by atoms with Crippen LogP contribution < -0.4 is 10.1 Å². The number of nitrogens with zero attached hydrogens (tertiary/aromatic N) is 2. The molecular formula is C16H21N3O2. The molecule has 3 aliphatic rings. The maximum atomic E-state index is 12.0. The van der Waals surface area contributed by atoms with Crippen LogP contribution in [0, 0.1) is 5.92 Å². The molecule has 1 amide bonds. The van der Waals surface area contributed by atoms with Crippen LogP contribution in [-0.4, -0.2) is 48.6 Å². The van der Waals surface area contributed by atoms with Gasteiger partial charge in [-0.25, -0.2) is 0 Å². The van der Waals surface area contributed by atoms with Crippen LogP contribution in [0.15, 0.2) is 24.5 Å². The first-order chi connectivity index (χ1) is 10.2. The van der Waals surface area contributed by atoms with E-state index >= 15 is 0 Å². The second-order valence-electron chi connectivity index (χ2n) is 5.74. The Bertz CT molecular complexity index is 536. The molecule has 1 aromatic heterocycles. The average molecular weight is 287 g/mol. The quantitative estimate of drug-likeness (QED) is 0.849. The Balaban J connectivity index is 1.57. The topological polar surface area (TPSA) is 54.5 Å². The minimum absolute atomic E-state index is 0.0310. The van der Waals surface area contributed by atoms with Gasteiger partial charge in [0, 0.05) is 24.9 Å². The third-order valence-electron chi connectivity index (χ3n) is 4.38. The Hall–Kier alpha value is -1.88. The van der Waals surface area contributed by atoms with Crippen molar-refractivity contribution in [2.75, 3.05) is 26.7 Å². The molecular weight excluding hydrogens is 266 g/mol. The summed E-state index contributed by atoms with van der Waals surface area (Å²) in [4.78, 5) is 18.5. The molecule has 0 radical (unpaired) electrons. The van der Waals surface area contributed by atoms with Gasteiger partial charge >= 0.3 is 0 Å². The third-order valence-corrected chi connectivity index (χ3v) is 4.38. The number of methoxy groups -OCH3 is 1. The van der Waals surface area contributed by atoms with E-state index < -0.39 is 0 Å². The van der Waals surface area contributed by atoms with Crippen molar-refractivity contribution in [2.24, 2.45) is 5.92 Å². The lowest BCUT2D eigenvalue weighted by molar-refractivity contribution is -0.118. The third kappa shape index (κ3) is 3.42. The Labute approximate surface area is 125 Å². The van der Waals surface area contributed by atoms with Gasteiger partial charge in [0.15, 0.2) is 0 Å². The lowest BCUT2D eigenvalue weighted by Crippen LogP contribution is -2.57. The van der Waals surface area contributed by atoms with Gasteiger partial charge in [-0.1, -0.05) is 0 Å². The van der Waals surface area contributed by atoms with Crippen molar-refractivity contribution < 1.29 is 9.53 Å². The van der Waals surface area contributed by atoms with E-state index in [1.54, 1.807) is 31.7 Å². The van der Waals surface area contributed by atoms with Crippen molar-refractivity contribution in [3.05, 3.63) is 30.1 Å². The van der Waals surface area contributed by atoms with Crippen molar-refractivity contribution in [2.45, 2.75) is 18.9 Å². The maximum absolute atomic E-state index is 12.0. The van der Waals surface area contributed by atoms with E-state index in [4.69, 9.17) is 4.74 Å². The van der Waals surface area contributed by atoms with Crippen LogP contribution in [0.2, 0.25) is 0 Å². The number of fused-ring (bicyclic) bond motifs is 3. The minimum atomic E-state index is -0.0310. The van der Waals surface area contributed by atoms with E-state index in [0.29, 0.717) is 17.7 Å². The molecule has 0 saturated carbocycles. The lowest BCUT2D eigenvalue weighted by atomic mass is 9.84. The summed E-state index contributed by atoms with van der Waals surface area (Å²) >= 11 is 0. The number of hydrogen-bond donors (Lipinski definition) is 1. The van der Waals surface area contributed by atoms with Crippen LogP contribution in [-0.2, 0) is 4.79 Å². The second-order valence-corrected chi connectivity index (χ2v) is 5.74. The van der Waals surface area contributed by atoms with Crippen molar-refractivity contribution >= 4 is 12.0 Å². The summed E-state index contributed by atoms with van der Waals surface area (Å²) in [5.41, 5.74) is 0.860. The molecule has 0 aliphatic carbocycles. The average Bonchev–Trinajstić information content (AvgIpc) is 2.54. The van der Waals surface area contributed by atoms with Crippen molar-refractivity contribution in [1.29, 1.82) is 0 Å². The maximum Gasteiger partial charge on any atom is 0.244 e. The number of rotatable bonds is 4. The van der Waals surface area contributed by atoms with Crippen LogP contribution in [0.1, 0.15) is 18.4 Å². The number of pyridine rings is 1. The van der Waals surface area contributed by atoms with Crippen molar-refractivity contribution in [3.63, 3.8) is 0 Å². The van der Waals surface area contributed by atoms with Gasteiger partial charge in [0.2, 0.25) is 5.91 Å². The summed E-state index contributed by atoms with van der Waals surface area (Å²) < 4.78 is 5.11. The van der Waals surface area contributed by atoms with E-state index in [2.05, 4.69) is 15.2 Å². The van der Waals surface area contributed by atoms with Crippen LogP contribution in [0.5, 0.6) is 5.75 Å². The van der Waals surface area contributed by atoms with Gasteiger partial charge in [0.05, 0.1) is 13.3 Å². The zero-order valence-electron chi connectivity index (χ0n) is 12.3. The van der Waals surface area contributed by atoms with Crippen LogP contribution in [0.4, 0.5) is 0 Å². The smallest absolute Gasteiger partial charge is 0.244 e. The zero-order chi connectivity index (χ0) is 14.7. The summed E-state index contributed by atoms with van der Waals surface area (Å²) in [6.07, 6.45) is 9.11.